The molecule has 0 atom stereocenters. The van der Waals surface area contributed by atoms with E-state index in [0.29, 0.717) is 4.99 Å². The SMILES string of the molecule is NC(=S)CCN1CCCNCC1. The van der Waals surface area contributed by atoms with Crippen LogP contribution < -0.4 is 11.1 Å². The Morgan fingerprint density at radius 1 is 1.42 bits per heavy atom. The van der Waals surface area contributed by atoms with E-state index in [-0.39, 0.29) is 0 Å². The van der Waals surface area contributed by atoms with Crippen LogP contribution in [0.15, 0.2) is 0 Å². The highest BCUT2D eigenvalue weighted by molar-refractivity contribution is 7.80. The molecule has 4 heteroatoms. The van der Waals surface area contributed by atoms with Crippen molar-refractivity contribution in [3.63, 3.8) is 0 Å². The van der Waals surface area contributed by atoms with Crippen LogP contribution in [0.2, 0.25) is 0 Å². The first-order chi connectivity index (χ1) is 5.79. The van der Waals surface area contributed by atoms with Crippen LogP contribution in [0, 0.1) is 0 Å². The molecule has 0 aromatic heterocycles. The van der Waals surface area contributed by atoms with Gasteiger partial charge < -0.3 is 16.0 Å². The van der Waals surface area contributed by atoms with E-state index >= 15 is 0 Å². The quantitative estimate of drug-likeness (QED) is 0.608. The summed E-state index contributed by atoms with van der Waals surface area (Å²) < 4.78 is 0. The summed E-state index contributed by atoms with van der Waals surface area (Å²) in [6, 6.07) is 0. The average Bonchev–Trinajstić information content (AvgIpc) is 2.28. The molecule has 12 heavy (non-hydrogen) atoms. The van der Waals surface area contributed by atoms with Gasteiger partial charge in [-0.25, -0.2) is 0 Å². The molecule has 0 aliphatic carbocycles. The number of thiocarbonyl (C=S) groups is 1. The van der Waals surface area contributed by atoms with Crippen LogP contribution in [0.4, 0.5) is 0 Å². The highest BCUT2D eigenvalue weighted by Gasteiger charge is 2.07. The van der Waals surface area contributed by atoms with Gasteiger partial charge in [0.1, 0.15) is 0 Å². The van der Waals surface area contributed by atoms with Crippen molar-refractivity contribution in [1.82, 2.24) is 10.2 Å². The minimum Gasteiger partial charge on any atom is -0.393 e. The molecule has 0 bridgehead atoms. The van der Waals surface area contributed by atoms with Crippen molar-refractivity contribution in [3.05, 3.63) is 0 Å². The Balaban J connectivity index is 2.16. The summed E-state index contributed by atoms with van der Waals surface area (Å²) in [6.45, 7) is 5.57. The van der Waals surface area contributed by atoms with E-state index in [2.05, 4.69) is 10.2 Å². The molecular formula is C8H17N3S. The number of hydrogen-bond acceptors (Lipinski definition) is 3. The predicted octanol–water partition coefficient (Wildman–Crippen LogP) is -0.0421. The lowest BCUT2D eigenvalue weighted by Gasteiger charge is -2.18. The third-order valence-electron chi connectivity index (χ3n) is 2.11. The summed E-state index contributed by atoms with van der Waals surface area (Å²) in [5.74, 6) is 0. The van der Waals surface area contributed by atoms with Gasteiger partial charge in [0.05, 0.1) is 4.99 Å². The Labute approximate surface area is 79.3 Å². The third-order valence-corrected chi connectivity index (χ3v) is 2.31. The Morgan fingerprint density at radius 2 is 2.25 bits per heavy atom. The number of nitrogens with zero attached hydrogens (tertiary/aromatic N) is 1. The zero-order valence-electron chi connectivity index (χ0n) is 7.38. The van der Waals surface area contributed by atoms with Gasteiger partial charge in [-0.3, -0.25) is 0 Å². The van der Waals surface area contributed by atoms with Gasteiger partial charge in [-0.2, -0.15) is 0 Å². The Morgan fingerprint density at radius 3 is 3.00 bits per heavy atom. The van der Waals surface area contributed by atoms with Crippen molar-refractivity contribution in [2.45, 2.75) is 12.8 Å². The van der Waals surface area contributed by atoms with E-state index in [4.69, 9.17) is 18.0 Å². The Bertz CT molecular complexity index is 141. The lowest BCUT2D eigenvalue weighted by atomic mass is 10.3. The highest BCUT2D eigenvalue weighted by atomic mass is 32.1. The van der Waals surface area contributed by atoms with Crippen LogP contribution in [0.25, 0.3) is 0 Å². The zero-order valence-corrected chi connectivity index (χ0v) is 8.20. The van der Waals surface area contributed by atoms with Crippen molar-refractivity contribution >= 4 is 17.2 Å². The summed E-state index contributed by atoms with van der Waals surface area (Å²) in [6.07, 6.45) is 2.09. The number of rotatable bonds is 3. The molecule has 0 aromatic rings. The van der Waals surface area contributed by atoms with E-state index in [0.717, 1.165) is 32.6 Å². The molecule has 0 saturated carbocycles. The molecule has 1 fully saturated rings. The van der Waals surface area contributed by atoms with Gasteiger partial charge in [0.2, 0.25) is 0 Å². The minimum atomic E-state index is 0.632. The molecule has 3 nitrogen and oxygen atoms in total. The topological polar surface area (TPSA) is 41.3 Å². The van der Waals surface area contributed by atoms with E-state index < -0.39 is 0 Å². The third kappa shape index (κ3) is 3.99. The van der Waals surface area contributed by atoms with Gasteiger partial charge >= 0.3 is 0 Å². The molecule has 0 spiro atoms. The summed E-state index contributed by atoms with van der Waals surface area (Å²) in [5.41, 5.74) is 5.44. The van der Waals surface area contributed by atoms with Crippen LogP contribution in [-0.4, -0.2) is 42.6 Å². The lowest BCUT2D eigenvalue weighted by Crippen LogP contribution is -2.31. The summed E-state index contributed by atoms with van der Waals surface area (Å²) >= 11 is 4.83. The van der Waals surface area contributed by atoms with E-state index in [1.807, 2.05) is 0 Å². The van der Waals surface area contributed by atoms with Gasteiger partial charge in [0.25, 0.3) is 0 Å². The van der Waals surface area contributed by atoms with Gasteiger partial charge in [0, 0.05) is 26.1 Å². The fourth-order valence-corrected chi connectivity index (χ4v) is 1.48. The maximum Gasteiger partial charge on any atom is 0.0740 e. The number of nitrogens with one attached hydrogen (secondary N) is 1. The molecule has 70 valence electrons. The monoisotopic (exact) mass is 187 g/mol. The van der Waals surface area contributed by atoms with Crippen LogP contribution in [-0.2, 0) is 0 Å². The van der Waals surface area contributed by atoms with E-state index in [9.17, 15) is 0 Å². The van der Waals surface area contributed by atoms with Gasteiger partial charge in [-0.15, -0.1) is 0 Å². The van der Waals surface area contributed by atoms with Crippen molar-refractivity contribution in [2.75, 3.05) is 32.7 Å². The molecule has 0 unspecified atom stereocenters. The predicted molar refractivity (Wildman–Crippen MR) is 55.3 cm³/mol. The first kappa shape index (κ1) is 9.89. The van der Waals surface area contributed by atoms with Crippen LogP contribution >= 0.6 is 12.2 Å². The second-order valence-corrected chi connectivity index (χ2v) is 3.69. The minimum absolute atomic E-state index is 0.632. The number of hydrogen-bond donors (Lipinski definition) is 2. The van der Waals surface area contributed by atoms with E-state index in [1.54, 1.807) is 0 Å². The van der Waals surface area contributed by atoms with Crippen molar-refractivity contribution in [3.8, 4) is 0 Å². The Kier molecular flexibility index (Phi) is 4.50. The smallest absolute Gasteiger partial charge is 0.0740 e. The zero-order chi connectivity index (χ0) is 8.81. The molecule has 1 saturated heterocycles. The molecular weight excluding hydrogens is 170 g/mol. The number of nitrogens with two attached hydrogens (primary N) is 1. The molecule has 0 aromatic carbocycles. The average molecular weight is 187 g/mol. The maximum atomic E-state index is 5.44. The van der Waals surface area contributed by atoms with Crippen LogP contribution in [0.3, 0.4) is 0 Å². The standard InChI is InChI=1S/C8H17N3S/c9-8(12)2-6-11-5-1-3-10-4-7-11/h10H,1-7H2,(H2,9,12). The van der Waals surface area contributed by atoms with Crippen molar-refractivity contribution in [1.29, 1.82) is 0 Å². The molecule has 0 amide bonds. The summed E-state index contributed by atoms with van der Waals surface area (Å²) in [4.78, 5) is 3.05. The lowest BCUT2D eigenvalue weighted by molar-refractivity contribution is 0.301. The highest BCUT2D eigenvalue weighted by Crippen LogP contribution is 1.96. The molecule has 3 N–H and O–H groups in total. The van der Waals surface area contributed by atoms with Crippen molar-refractivity contribution < 1.29 is 0 Å². The van der Waals surface area contributed by atoms with Gasteiger partial charge in [0.15, 0.2) is 0 Å². The normalized spacial score (nSPS) is 20.3. The molecule has 1 aliphatic heterocycles. The fraction of sp³-hybridized carbons (Fsp3) is 0.875. The first-order valence-electron chi connectivity index (χ1n) is 4.50. The van der Waals surface area contributed by atoms with Gasteiger partial charge in [-0.1, -0.05) is 12.2 Å². The molecule has 0 radical (unpaired) electrons. The summed E-state index contributed by atoms with van der Waals surface area (Å²) in [7, 11) is 0. The summed E-state index contributed by atoms with van der Waals surface area (Å²) in [5, 5.41) is 3.36. The van der Waals surface area contributed by atoms with Crippen LogP contribution in [0.1, 0.15) is 12.8 Å². The van der Waals surface area contributed by atoms with Gasteiger partial charge in [-0.05, 0) is 19.5 Å². The second-order valence-electron chi connectivity index (χ2n) is 3.16. The maximum absolute atomic E-state index is 5.44. The molecule has 1 aliphatic rings. The first-order valence-corrected chi connectivity index (χ1v) is 4.91. The van der Waals surface area contributed by atoms with E-state index in [1.165, 1.54) is 13.0 Å². The fourth-order valence-electron chi connectivity index (χ4n) is 1.39. The molecule has 1 rings (SSSR count). The van der Waals surface area contributed by atoms with Crippen LogP contribution in [0.5, 0.6) is 0 Å². The molecule has 1 heterocycles. The van der Waals surface area contributed by atoms with Crippen molar-refractivity contribution in [2.24, 2.45) is 5.73 Å². The second kappa shape index (κ2) is 5.45. The largest absolute Gasteiger partial charge is 0.393 e. The Hall–Kier alpha value is -0.190.